The van der Waals surface area contributed by atoms with Crippen LogP contribution in [0.1, 0.15) is 28.8 Å². The van der Waals surface area contributed by atoms with Gasteiger partial charge in [-0.25, -0.2) is 9.97 Å². The lowest BCUT2D eigenvalue weighted by Crippen LogP contribution is -2.45. The Morgan fingerprint density at radius 2 is 1.78 bits per heavy atom. The van der Waals surface area contributed by atoms with Crippen molar-refractivity contribution in [1.29, 1.82) is 0 Å². The van der Waals surface area contributed by atoms with Crippen molar-refractivity contribution in [1.82, 2.24) is 19.8 Å². The lowest BCUT2D eigenvalue weighted by Gasteiger charge is -2.34. The van der Waals surface area contributed by atoms with Gasteiger partial charge >= 0.3 is 0 Å². The third-order valence-electron chi connectivity index (χ3n) is 5.47. The number of anilines is 1. The molecule has 2 aromatic rings. The van der Waals surface area contributed by atoms with Gasteiger partial charge in [-0.05, 0) is 32.9 Å². The van der Waals surface area contributed by atoms with Crippen molar-refractivity contribution in [3.8, 4) is 11.4 Å². The van der Waals surface area contributed by atoms with Crippen LogP contribution in [0.2, 0.25) is 0 Å². The molecule has 0 spiro atoms. The van der Waals surface area contributed by atoms with E-state index in [9.17, 15) is 4.79 Å². The Balaban J connectivity index is 1.72. The van der Waals surface area contributed by atoms with Crippen molar-refractivity contribution >= 4 is 11.7 Å². The topological polar surface area (TPSA) is 52.6 Å². The average molecular weight is 365 g/mol. The Bertz CT molecular complexity index is 823. The molecule has 3 heterocycles. The van der Waals surface area contributed by atoms with E-state index in [1.165, 1.54) is 5.56 Å². The molecular weight excluding hydrogens is 338 g/mol. The number of nitrogens with zero attached hydrogens (tertiary/aromatic N) is 5. The van der Waals surface area contributed by atoms with E-state index in [-0.39, 0.29) is 5.91 Å². The van der Waals surface area contributed by atoms with Crippen molar-refractivity contribution in [3.63, 3.8) is 0 Å². The fraction of sp³-hybridized carbons (Fsp3) is 0.476. The maximum absolute atomic E-state index is 13.1. The van der Waals surface area contributed by atoms with E-state index in [2.05, 4.69) is 40.9 Å². The molecule has 0 N–H and O–H groups in total. The fourth-order valence-electron chi connectivity index (χ4n) is 3.80. The van der Waals surface area contributed by atoms with Gasteiger partial charge in [-0.1, -0.05) is 23.8 Å². The molecule has 142 valence electrons. The monoisotopic (exact) mass is 365 g/mol. The number of aryl methyl sites for hydroxylation is 1. The van der Waals surface area contributed by atoms with Crippen molar-refractivity contribution in [2.75, 3.05) is 51.2 Å². The number of amides is 1. The molecule has 6 heteroatoms. The number of benzene rings is 1. The smallest absolute Gasteiger partial charge is 0.259 e. The van der Waals surface area contributed by atoms with Gasteiger partial charge in [-0.3, -0.25) is 4.79 Å². The Morgan fingerprint density at radius 1 is 1.04 bits per heavy atom. The van der Waals surface area contributed by atoms with E-state index >= 15 is 0 Å². The molecule has 0 atom stereocenters. The van der Waals surface area contributed by atoms with Crippen molar-refractivity contribution in [2.24, 2.45) is 0 Å². The van der Waals surface area contributed by atoms with Crippen LogP contribution < -0.4 is 4.90 Å². The Morgan fingerprint density at radius 3 is 2.48 bits per heavy atom. The summed E-state index contributed by atoms with van der Waals surface area (Å²) in [5, 5.41) is 0. The molecule has 2 aliphatic rings. The molecular formula is C21H27N5O. The summed E-state index contributed by atoms with van der Waals surface area (Å²) in [5.41, 5.74) is 2.80. The SMILES string of the molecule is Cc1cccc(-c2ncc(C(=O)N3CCCC3)c(N3CCN(C)CC3)n2)c1. The first-order valence-corrected chi connectivity index (χ1v) is 9.78. The van der Waals surface area contributed by atoms with Gasteiger partial charge in [0.25, 0.3) is 5.91 Å². The van der Waals surface area contributed by atoms with Gasteiger partial charge in [0, 0.05) is 51.0 Å². The van der Waals surface area contributed by atoms with Crippen molar-refractivity contribution < 1.29 is 4.79 Å². The van der Waals surface area contributed by atoms with E-state index in [0.717, 1.165) is 63.5 Å². The lowest BCUT2D eigenvalue weighted by molar-refractivity contribution is 0.0792. The molecule has 1 aromatic carbocycles. The first kappa shape index (κ1) is 17.9. The highest BCUT2D eigenvalue weighted by molar-refractivity contribution is 5.99. The van der Waals surface area contributed by atoms with Crippen LogP contribution in [-0.4, -0.2) is 72.0 Å². The molecule has 0 unspecified atom stereocenters. The normalized spacial score (nSPS) is 18.1. The maximum Gasteiger partial charge on any atom is 0.259 e. The zero-order chi connectivity index (χ0) is 18.8. The highest BCUT2D eigenvalue weighted by Crippen LogP contribution is 2.26. The fourth-order valence-corrected chi connectivity index (χ4v) is 3.80. The second kappa shape index (κ2) is 7.64. The van der Waals surface area contributed by atoms with Gasteiger partial charge in [0.2, 0.25) is 0 Å². The molecule has 1 aromatic heterocycles. The second-order valence-corrected chi connectivity index (χ2v) is 7.59. The zero-order valence-corrected chi connectivity index (χ0v) is 16.2. The number of carbonyl (C=O) groups is 1. The first-order valence-electron chi connectivity index (χ1n) is 9.78. The number of aromatic nitrogens is 2. The highest BCUT2D eigenvalue weighted by Gasteiger charge is 2.27. The highest BCUT2D eigenvalue weighted by atomic mass is 16.2. The van der Waals surface area contributed by atoms with E-state index in [4.69, 9.17) is 4.98 Å². The summed E-state index contributed by atoms with van der Waals surface area (Å²) < 4.78 is 0. The van der Waals surface area contributed by atoms with E-state index < -0.39 is 0 Å². The second-order valence-electron chi connectivity index (χ2n) is 7.59. The van der Waals surface area contributed by atoms with Gasteiger partial charge in [0.15, 0.2) is 5.82 Å². The van der Waals surface area contributed by atoms with Crippen LogP contribution in [0.3, 0.4) is 0 Å². The largest absolute Gasteiger partial charge is 0.353 e. The van der Waals surface area contributed by atoms with Crippen LogP contribution in [0.25, 0.3) is 11.4 Å². The number of carbonyl (C=O) groups excluding carboxylic acids is 1. The minimum atomic E-state index is 0.0669. The molecule has 0 radical (unpaired) electrons. The Hall–Kier alpha value is -2.47. The minimum Gasteiger partial charge on any atom is -0.353 e. The average Bonchev–Trinajstić information content (AvgIpc) is 3.22. The predicted octanol–water partition coefficient (Wildman–Crippen LogP) is 2.44. The van der Waals surface area contributed by atoms with E-state index in [1.807, 2.05) is 17.0 Å². The predicted molar refractivity (Wildman–Crippen MR) is 107 cm³/mol. The molecule has 27 heavy (non-hydrogen) atoms. The summed E-state index contributed by atoms with van der Waals surface area (Å²) in [5.74, 6) is 1.54. The summed E-state index contributed by atoms with van der Waals surface area (Å²) in [7, 11) is 2.13. The summed E-state index contributed by atoms with van der Waals surface area (Å²) in [6.07, 6.45) is 3.90. The number of hydrogen-bond donors (Lipinski definition) is 0. The Labute approximate surface area is 160 Å². The van der Waals surface area contributed by atoms with Gasteiger partial charge in [-0.2, -0.15) is 0 Å². The summed E-state index contributed by atoms with van der Waals surface area (Å²) >= 11 is 0. The summed E-state index contributed by atoms with van der Waals surface area (Å²) in [6.45, 7) is 7.43. The molecule has 2 saturated heterocycles. The van der Waals surface area contributed by atoms with Crippen molar-refractivity contribution in [2.45, 2.75) is 19.8 Å². The molecule has 4 rings (SSSR count). The van der Waals surface area contributed by atoms with Gasteiger partial charge in [0.05, 0.1) is 0 Å². The molecule has 0 bridgehead atoms. The quantitative estimate of drug-likeness (QED) is 0.836. The van der Waals surface area contributed by atoms with E-state index in [0.29, 0.717) is 11.4 Å². The molecule has 6 nitrogen and oxygen atoms in total. The summed E-state index contributed by atoms with van der Waals surface area (Å²) in [6, 6.07) is 8.20. The van der Waals surface area contributed by atoms with E-state index in [1.54, 1.807) is 6.20 Å². The third-order valence-corrected chi connectivity index (χ3v) is 5.47. The first-order chi connectivity index (χ1) is 13.1. The van der Waals surface area contributed by atoms with Crippen LogP contribution in [0.5, 0.6) is 0 Å². The maximum atomic E-state index is 13.1. The van der Waals surface area contributed by atoms with Gasteiger partial charge < -0.3 is 14.7 Å². The van der Waals surface area contributed by atoms with Crippen LogP contribution in [-0.2, 0) is 0 Å². The zero-order valence-electron chi connectivity index (χ0n) is 16.2. The van der Waals surface area contributed by atoms with Crippen molar-refractivity contribution in [3.05, 3.63) is 41.6 Å². The number of rotatable bonds is 3. The van der Waals surface area contributed by atoms with Crippen LogP contribution in [0.15, 0.2) is 30.5 Å². The molecule has 2 aliphatic heterocycles. The number of likely N-dealkylation sites (N-methyl/N-ethyl adjacent to an activating group) is 1. The number of likely N-dealkylation sites (tertiary alicyclic amines) is 1. The van der Waals surface area contributed by atoms with Crippen LogP contribution in [0.4, 0.5) is 5.82 Å². The van der Waals surface area contributed by atoms with Crippen LogP contribution >= 0.6 is 0 Å². The lowest BCUT2D eigenvalue weighted by atomic mass is 10.1. The Kier molecular flexibility index (Phi) is 5.07. The number of piperazine rings is 1. The number of hydrogen-bond acceptors (Lipinski definition) is 5. The molecule has 0 saturated carbocycles. The standard InChI is InChI=1S/C21H27N5O/c1-16-6-5-7-17(14-16)19-22-15-18(21(27)26-8-3-4-9-26)20(23-19)25-12-10-24(2)11-13-25/h5-7,14-15H,3-4,8-13H2,1-2H3. The molecule has 2 fully saturated rings. The van der Waals surface area contributed by atoms with Crippen LogP contribution in [0, 0.1) is 6.92 Å². The minimum absolute atomic E-state index is 0.0669. The van der Waals surface area contributed by atoms with Gasteiger partial charge in [0.1, 0.15) is 11.4 Å². The third kappa shape index (κ3) is 3.81. The molecule has 1 amide bonds. The molecule has 0 aliphatic carbocycles. The summed E-state index contributed by atoms with van der Waals surface area (Å²) in [4.78, 5) is 29.0. The van der Waals surface area contributed by atoms with Gasteiger partial charge in [-0.15, -0.1) is 0 Å².